The molecule has 118 valence electrons. The van der Waals surface area contributed by atoms with Crippen LogP contribution < -0.4 is 11.1 Å². The molecule has 1 aromatic heterocycles. The van der Waals surface area contributed by atoms with E-state index in [0.29, 0.717) is 18.2 Å². The number of sulfone groups is 1. The van der Waals surface area contributed by atoms with Gasteiger partial charge in [0.25, 0.3) is 0 Å². The Bertz CT molecular complexity index is 592. The van der Waals surface area contributed by atoms with Crippen LogP contribution in [0.25, 0.3) is 0 Å². The molecule has 3 N–H and O–H groups in total. The first-order valence-electron chi connectivity index (χ1n) is 7.39. The molecule has 3 rings (SSSR count). The zero-order chi connectivity index (χ0) is 14.9. The van der Waals surface area contributed by atoms with Crippen molar-refractivity contribution in [2.24, 2.45) is 5.92 Å². The van der Waals surface area contributed by atoms with E-state index in [0.717, 1.165) is 43.3 Å². The Morgan fingerprint density at radius 2 is 2.10 bits per heavy atom. The van der Waals surface area contributed by atoms with Gasteiger partial charge in [-0.2, -0.15) is 4.37 Å². The fourth-order valence-corrected chi connectivity index (χ4v) is 5.05. The summed E-state index contributed by atoms with van der Waals surface area (Å²) in [6.07, 6.45) is 4.88. The van der Waals surface area contributed by atoms with Crippen LogP contribution in [0.5, 0.6) is 0 Å². The highest BCUT2D eigenvalue weighted by atomic mass is 32.2. The lowest BCUT2D eigenvalue weighted by Crippen LogP contribution is -2.12. The maximum atomic E-state index is 12.3. The van der Waals surface area contributed by atoms with Gasteiger partial charge in [0.2, 0.25) is 0 Å². The topological polar surface area (TPSA) is 94.3 Å². The van der Waals surface area contributed by atoms with Crippen LogP contribution in [0.2, 0.25) is 0 Å². The van der Waals surface area contributed by atoms with E-state index in [2.05, 4.69) is 9.69 Å². The third-order valence-electron chi connectivity index (χ3n) is 3.72. The Labute approximate surface area is 129 Å². The molecule has 0 radical (unpaired) electrons. The summed E-state index contributed by atoms with van der Waals surface area (Å²) in [5.41, 5.74) is 5.74. The van der Waals surface area contributed by atoms with Crippen molar-refractivity contribution >= 4 is 32.2 Å². The quantitative estimate of drug-likeness (QED) is 0.671. The van der Waals surface area contributed by atoms with Gasteiger partial charge in [-0.3, -0.25) is 0 Å². The second kappa shape index (κ2) is 6.10. The van der Waals surface area contributed by atoms with Crippen molar-refractivity contribution in [3.8, 4) is 0 Å². The molecule has 2 saturated carbocycles. The van der Waals surface area contributed by atoms with Gasteiger partial charge in [0.05, 0.1) is 5.25 Å². The van der Waals surface area contributed by atoms with Crippen molar-refractivity contribution in [2.75, 3.05) is 30.8 Å². The van der Waals surface area contributed by atoms with E-state index < -0.39 is 9.84 Å². The standard InChI is InChI=1S/C13H21N3O3S2/c14-12-11(21(17,18)10-4-5-10)13(20-16-12)15-6-1-7-19-8-9-2-3-9/h9-10,15H,1-8H2,(H2,14,16). The van der Waals surface area contributed by atoms with E-state index >= 15 is 0 Å². The maximum absolute atomic E-state index is 12.3. The fourth-order valence-electron chi connectivity index (χ4n) is 2.14. The Hall–Kier alpha value is -0.860. The molecule has 0 saturated heterocycles. The van der Waals surface area contributed by atoms with E-state index in [-0.39, 0.29) is 16.0 Å². The van der Waals surface area contributed by atoms with Crippen molar-refractivity contribution in [1.29, 1.82) is 0 Å². The average Bonchev–Trinajstić information content (AvgIpc) is 3.32. The Kier molecular flexibility index (Phi) is 4.37. The third kappa shape index (κ3) is 3.67. The SMILES string of the molecule is Nc1nsc(NCCCOCC2CC2)c1S(=O)(=O)C1CC1. The fraction of sp³-hybridized carbons (Fsp3) is 0.769. The van der Waals surface area contributed by atoms with Crippen LogP contribution in [0.3, 0.4) is 0 Å². The summed E-state index contributed by atoms with van der Waals surface area (Å²) in [5, 5.41) is 3.45. The number of rotatable bonds is 9. The molecular formula is C13H21N3O3S2. The summed E-state index contributed by atoms with van der Waals surface area (Å²) in [4.78, 5) is 0.203. The number of nitrogen functional groups attached to an aromatic ring is 1. The molecule has 2 fully saturated rings. The molecule has 1 heterocycles. The molecule has 0 aromatic carbocycles. The molecule has 1 aromatic rings. The summed E-state index contributed by atoms with van der Waals surface area (Å²) in [6.45, 7) is 2.22. The van der Waals surface area contributed by atoms with Crippen LogP contribution in [0.4, 0.5) is 10.8 Å². The first kappa shape index (κ1) is 15.1. The largest absolute Gasteiger partial charge is 0.382 e. The Balaban J connectivity index is 1.50. The van der Waals surface area contributed by atoms with Crippen LogP contribution >= 0.6 is 11.5 Å². The summed E-state index contributed by atoms with van der Waals surface area (Å²) in [6, 6.07) is 0. The van der Waals surface area contributed by atoms with Crippen LogP contribution in [-0.2, 0) is 14.6 Å². The molecule has 0 unspecified atom stereocenters. The predicted octanol–water partition coefficient (Wildman–Crippen LogP) is 1.89. The summed E-state index contributed by atoms with van der Waals surface area (Å²) >= 11 is 1.12. The predicted molar refractivity (Wildman–Crippen MR) is 83.4 cm³/mol. The van der Waals surface area contributed by atoms with Crippen LogP contribution in [0.15, 0.2) is 4.90 Å². The van der Waals surface area contributed by atoms with E-state index in [1.54, 1.807) is 0 Å². The van der Waals surface area contributed by atoms with Gasteiger partial charge in [-0.25, -0.2) is 8.42 Å². The smallest absolute Gasteiger partial charge is 0.187 e. The number of nitrogens with zero attached hydrogens (tertiary/aromatic N) is 1. The molecule has 21 heavy (non-hydrogen) atoms. The molecule has 0 atom stereocenters. The van der Waals surface area contributed by atoms with Gasteiger partial charge in [0.1, 0.15) is 9.90 Å². The lowest BCUT2D eigenvalue weighted by molar-refractivity contribution is 0.124. The lowest BCUT2D eigenvalue weighted by atomic mass is 10.4. The van der Waals surface area contributed by atoms with Crippen molar-refractivity contribution in [3.05, 3.63) is 0 Å². The van der Waals surface area contributed by atoms with E-state index in [9.17, 15) is 8.42 Å². The van der Waals surface area contributed by atoms with Crippen molar-refractivity contribution < 1.29 is 13.2 Å². The van der Waals surface area contributed by atoms with Gasteiger partial charge in [-0.1, -0.05) is 0 Å². The van der Waals surface area contributed by atoms with Crippen molar-refractivity contribution in [2.45, 2.75) is 42.2 Å². The minimum absolute atomic E-state index is 0.124. The van der Waals surface area contributed by atoms with Crippen LogP contribution in [0.1, 0.15) is 32.1 Å². The number of anilines is 2. The van der Waals surface area contributed by atoms with Crippen LogP contribution in [0, 0.1) is 5.92 Å². The molecular weight excluding hydrogens is 310 g/mol. The zero-order valence-electron chi connectivity index (χ0n) is 11.9. The van der Waals surface area contributed by atoms with Gasteiger partial charge in [-0.05, 0) is 49.6 Å². The monoisotopic (exact) mass is 331 g/mol. The van der Waals surface area contributed by atoms with Gasteiger partial charge < -0.3 is 15.8 Å². The number of hydrogen-bond acceptors (Lipinski definition) is 7. The van der Waals surface area contributed by atoms with Gasteiger partial charge in [0.15, 0.2) is 15.7 Å². The molecule has 8 heteroatoms. The van der Waals surface area contributed by atoms with Crippen molar-refractivity contribution in [1.82, 2.24) is 4.37 Å². The summed E-state index contributed by atoms with van der Waals surface area (Å²) in [5.74, 6) is 0.897. The highest BCUT2D eigenvalue weighted by Gasteiger charge is 2.40. The van der Waals surface area contributed by atoms with E-state index in [4.69, 9.17) is 10.5 Å². The first-order valence-corrected chi connectivity index (χ1v) is 9.71. The molecule has 0 spiro atoms. The minimum Gasteiger partial charge on any atom is -0.382 e. The number of nitrogens with one attached hydrogen (secondary N) is 1. The normalized spacial score (nSPS) is 18.9. The second-order valence-electron chi connectivity index (χ2n) is 5.77. The van der Waals surface area contributed by atoms with E-state index in [1.165, 1.54) is 12.8 Å². The zero-order valence-corrected chi connectivity index (χ0v) is 13.5. The third-order valence-corrected chi connectivity index (χ3v) is 7.00. The summed E-state index contributed by atoms with van der Waals surface area (Å²) in [7, 11) is -3.30. The highest BCUT2D eigenvalue weighted by Crippen LogP contribution is 2.40. The average molecular weight is 331 g/mol. The molecule has 0 bridgehead atoms. The lowest BCUT2D eigenvalue weighted by Gasteiger charge is -2.08. The van der Waals surface area contributed by atoms with E-state index in [1.807, 2.05) is 0 Å². The van der Waals surface area contributed by atoms with Gasteiger partial charge in [0, 0.05) is 19.8 Å². The van der Waals surface area contributed by atoms with Gasteiger partial charge in [-0.15, -0.1) is 0 Å². The Morgan fingerprint density at radius 3 is 2.76 bits per heavy atom. The molecule has 6 nitrogen and oxygen atoms in total. The second-order valence-corrected chi connectivity index (χ2v) is 8.71. The minimum atomic E-state index is -3.30. The number of ether oxygens (including phenoxy) is 1. The molecule has 0 amide bonds. The number of hydrogen-bond donors (Lipinski definition) is 2. The Morgan fingerprint density at radius 1 is 1.33 bits per heavy atom. The van der Waals surface area contributed by atoms with Crippen LogP contribution in [-0.4, -0.2) is 37.8 Å². The maximum Gasteiger partial charge on any atom is 0.187 e. The number of nitrogens with two attached hydrogens (primary N) is 1. The number of aromatic nitrogens is 1. The highest BCUT2D eigenvalue weighted by molar-refractivity contribution is 7.92. The van der Waals surface area contributed by atoms with Crippen molar-refractivity contribution in [3.63, 3.8) is 0 Å². The first-order chi connectivity index (χ1) is 10.1. The molecule has 0 aliphatic heterocycles. The van der Waals surface area contributed by atoms with Gasteiger partial charge >= 0.3 is 0 Å². The molecule has 2 aliphatic carbocycles. The summed E-state index contributed by atoms with van der Waals surface area (Å²) < 4.78 is 34.2. The molecule has 2 aliphatic rings.